The standard InChI is InChI=1S/C15H27N3O2S/c1-6-16-13-9-7-8-10-14(13)21(19,20)17-11-15(2,3)12-18(4)5/h7-10,16-17H,6,11-12H2,1-5H3. The van der Waals surface area contributed by atoms with Gasteiger partial charge in [-0.1, -0.05) is 26.0 Å². The van der Waals surface area contributed by atoms with Crippen LogP contribution in [0.2, 0.25) is 0 Å². The Bertz CT molecular complexity index is 554. The Balaban J connectivity index is 2.88. The predicted octanol–water partition coefficient (Wildman–Crippen LogP) is 1.98. The van der Waals surface area contributed by atoms with Crippen molar-refractivity contribution < 1.29 is 8.42 Å². The molecular formula is C15H27N3O2S. The number of hydrogen-bond donors (Lipinski definition) is 2. The second kappa shape index (κ2) is 7.24. The molecule has 0 bridgehead atoms. The second-order valence-corrected chi connectivity index (χ2v) is 7.99. The maximum Gasteiger partial charge on any atom is 0.242 e. The highest BCUT2D eigenvalue weighted by Gasteiger charge is 2.24. The summed E-state index contributed by atoms with van der Waals surface area (Å²) in [6, 6.07) is 6.97. The molecule has 21 heavy (non-hydrogen) atoms. The molecule has 0 saturated carbocycles. The topological polar surface area (TPSA) is 61.4 Å². The minimum Gasteiger partial charge on any atom is -0.384 e. The van der Waals surface area contributed by atoms with E-state index in [-0.39, 0.29) is 5.41 Å². The van der Waals surface area contributed by atoms with E-state index in [9.17, 15) is 8.42 Å². The van der Waals surface area contributed by atoms with E-state index in [1.165, 1.54) is 0 Å². The minimum atomic E-state index is -3.51. The highest BCUT2D eigenvalue weighted by Crippen LogP contribution is 2.22. The molecule has 1 rings (SSSR count). The summed E-state index contributed by atoms with van der Waals surface area (Å²) in [6.45, 7) is 7.92. The number of para-hydroxylation sites is 1. The van der Waals surface area contributed by atoms with Crippen LogP contribution in [-0.4, -0.2) is 47.0 Å². The molecule has 0 aliphatic heterocycles. The van der Waals surface area contributed by atoms with Crippen molar-refractivity contribution >= 4 is 15.7 Å². The van der Waals surface area contributed by atoms with E-state index in [1.807, 2.05) is 40.9 Å². The van der Waals surface area contributed by atoms with Crippen molar-refractivity contribution in [3.63, 3.8) is 0 Å². The zero-order valence-electron chi connectivity index (χ0n) is 13.6. The first-order valence-electron chi connectivity index (χ1n) is 7.15. The molecule has 0 fully saturated rings. The molecular weight excluding hydrogens is 286 g/mol. The third-order valence-electron chi connectivity index (χ3n) is 3.03. The zero-order chi connectivity index (χ0) is 16.1. The summed E-state index contributed by atoms with van der Waals surface area (Å²) in [7, 11) is 0.453. The van der Waals surface area contributed by atoms with Gasteiger partial charge in [-0.05, 0) is 38.6 Å². The molecule has 0 aliphatic rings. The summed E-state index contributed by atoms with van der Waals surface area (Å²) >= 11 is 0. The average molecular weight is 313 g/mol. The highest BCUT2D eigenvalue weighted by molar-refractivity contribution is 7.89. The molecule has 0 aliphatic carbocycles. The van der Waals surface area contributed by atoms with Crippen molar-refractivity contribution in [2.24, 2.45) is 5.41 Å². The van der Waals surface area contributed by atoms with Gasteiger partial charge in [0.25, 0.3) is 0 Å². The van der Waals surface area contributed by atoms with Gasteiger partial charge in [0, 0.05) is 19.6 Å². The molecule has 0 heterocycles. The molecule has 1 aromatic rings. The highest BCUT2D eigenvalue weighted by atomic mass is 32.2. The molecule has 0 saturated heterocycles. The Morgan fingerprint density at radius 1 is 1.19 bits per heavy atom. The van der Waals surface area contributed by atoms with Crippen LogP contribution in [0.4, 0.5) is 5.69 Å². The molecule has 0 atom stereocenters. The van der Waals surface area contributed by atoms with Crippen LogP contribution in [0.25, 0.3) is 0 Å². The SMILES string of the molecule is CCNc1ccccc1S(=O)(=O)NCC(C)(C)CN(C)C. The maximum absolute atomic E-state index is 12.5. The van der Waals surface area contributed by atoms with E-state index in [1.54, 1.807) is 18.2 Å². The van der Waals surface area contributed by atoms with Gasteiger partial charge < -0.3 is 10.2 Å². The minimum absolute atomic E-state index is 0.135. The van der Waals surface area contributed by atoms with E-state index in [0.29, 0.717) is 23.7 Å². The first-order chi connectivity index (χ1) is 9.68. The summed E-state index contributed by atoms with van der Waals surface area (Å²) in [5.41, 5.74) is 0.502. The average Bonchev–Trinajstić information content (AvgIpc) is 2.36. The first kappa shape index (κ1) is 17.9. The third kappa shape index (κ3) is 5.65. The van der Waals surface area contributed by atoms with Crippen LogP contribution in [0, 0.1) is 5.41 Å². The van der Waals surface area contributed by atoms with Crippen molar-refractivity contribution in [1.82, 2.24) is 9.62 Å². The predicted molar refractivity (Wildman–Crippen MR) is 88.1 cm³/mol. The van der Waals surface area contributed by atoms with E-state index < -0.39 is 10.0 Å². The summed E-state index contributed by atoms with van der Waals surface area (Å²) in [5.74, 6) is 0. The molecule has 5 nitrogen and oxygen atoms in total. The van der Waals surface area contributed by atoms with Crippen LogP contribution in [0.15, 0.2) is 29.2 Å². The summed E-state index contributed by atoms with van der Waals surface area (Å²) in [4.78, 5) is 2.36. The summed E-state index contributed by atoms with van der Waals surface area (Å²) in [6.07, 6.45) is 0. The zero-order valence-corrected chi connectivity index (χ0v) is 14.4. The van der Waals surface area contributed by atoms with Gasteiger partial charge in [-0.15, -0.1) is 0 Å². The fraction of sp³-hybridized carbons (Fsp3) is 0.600. The summed E-state index contributed by atoms with van der Waals surface area (Å²) in [5, 5.41) is 3.08. The van der Waals surface area contributed by atoms with Gasteiger partial charge in [0.1, 0.15) is 4.90 Å². The van der Waals surface area contributed by atoms with Crippen LogP contribution in [-0.2, 0) is 10.0 Å². The Morgan fingerprint density at radius 3 is 2.38 bits per heavy atom. The lowest BCUT2D eigenvalue weighted by atomic mass is 9.93. The monoisotopic (exact) mass is 313 g/mol. The molecule has 120 valence electrons. The molecule has 0 radical (unpaired) electrons. The van der Waals surface area contributed by atoms with E-state index in [2.05, 4.69) is 14.9 Å². The molecule has 2 N–H and O–H groups in total. The Morgan fingerprint density at radius 2 is 1.81 bits per heavy atom. The van der Waals surface area contributed by atoms with Crippen LogP contribution >= 0.6 is 0 Å². The molecule has 0 spiro atoms. The number of nitrogens with one attached hydrogen (secondary N) is 2. The fourth-order valence-corrected chi connectivity index (χ4v) is 3.74. The van der Waals surface area contributed by atoms with Crippen LogP contribution in [0.3, 0.4) is 0 Å². The number of hydrogen-bond acceptors (Lipinski definition) is 4. The van der Waals surface area contributed by atoms with Crippen molar-refractivity contribution in [3.8, 4) is 0 Å². The van der Waals surface area contributed by atoms with E-state index in [0.717, 1.165) is 6.54 Å². The first-order valence-corrected chi connectivity index (χ1v) is 8.63. The Labute approximate surface area is 128 Å². The van der Waals surface area contributed by atoms with Gasteiger partial charge in [-0.3, -0.25) is 0 Å². The quantitative estimate of drug-likeness (QED) is 0.770. The van der Waals surface area contributed by atoms with E-state index >= 15 is 0 Å². The lowest BCUT2D eigenvalue weighted by Gasteiger charge is -2.28. The Hall–Kier alpha value is -1.11. The van der Waals surface area contributed by atoms with Crippen LogP contribution in [0.1, 0.15) is 20.8 Å². The lowest BCUT2D eigenvalue weighted by molar-refractivity contribution is 0.242. The molecule has 1 aromatic carbocycles. The van der Waals surface area contributed by atoms with Crippen LogP contribution < -0.4 is 10.0 Å². The lowest BCUT2D eigenvalue weighted by Crippen LogP contribution is -2.40. The van der Waals surface area contributed by atoms with Gasteiger partial charge in [0.15, 0.2) is 0 Å². The smallest absolute Gasteiger partial charge is 0.242 e. The molecule has 0 unspecified atom stereocenters. The third-order valence-corrected chi connectivity index (χ3v) is 4.49. The number of anilines is 1. The molecule has 6 heteroatoms. The van der Waals surface area contributed by atoms with E-state index in [4.69, 9.17) is 0 Å². The fourth-order valence-electron chi connectivity index (χ4n) is 2.32. The molecule has 0 aromatic heterocycles. The van der Waals surface area contributed by atoms with Gasteiger partial charge >= 0.3 is 0 Å². The van der Waals surface area contributed by atoms with Crippen LogP contribution in [0.5, 0.6) is 0 Å². The molecule has 0 amide bonds. The maximum atomic E-state index is 12.5. The summed E-state index contributed by atoms with van der Waals surface area (Å²) < 4.78 is 27.7. The normalized spacial score (nSPS) is 12.7. The van der Waals surface area contributed by atoms with Crippen molar-refractivity contribution in [2.75, 3.05) is 39.0 Å². The number of rotatable bonds is 8. The van der Waals surface area contributed by atoms with Crippen molar-refractivity contribution in [2.45, 2.75) is 25.7 Å². The second-order valence-electron chi connectivity index (χ2n) is 6.25. The van der Waals surface area contributed by atoms with Crippen molar-refractivity contribution in [3.05, 3.63) is 24.3 Å². The van der Waals surface area contributed by atoms with Gasteiger partial charge in [-0.25, -0.2) is 13.1 Å². The number of benzene rings is 1. The van der Waals surface area contributed by atoms with Gasteiger partial charge in [0.2, 0.25) is 10.0 Å². The number of nitrogens with zero attached hydrogens (tertiary/aromatic N) is 1. The van der Waals surface area contributed by atoms with Crippen molar-refractivity contribution in [1.29, 1.82) is 0 Å². The Kier molecular flexibility index (Phi) is 6.19. The largest absolute Gasteiger partial charge is 0.384 e. The van der Waals surface area contributed by atoms with Gasteiger partial charge in [-0.2, -0.15) is 0 Å². The number of sulfonamides is 1. The van der Waals surface area contributed by atoms with Gasteiger partial charge in [0.05, 0.1) is 5.69 Å².